The molecule has 0 saturated heterocycles. The highest BCUT2D eigenvalue weighted by Crippen LogP contribution is 2.27. The lowest BCUT2D eigenvalue weighted by atomic mass is 10.2. The number of carbonyl (C=O) groups excluding carboxylic acids is 2. The van der Waals surface area contributed by atoms with Crippen molar-refractivity contribution in [3.63, 3.8) is 0 Å². The zero-order valence-corrected chi connectivity index (χ0v) is 12.2. The second-order valence-corrected chi connectivity index (χ2v) is 4.35. The maximum atomic E-state index is 11.9. The summed E-state index contributed by atoms with van der Waals surface area (Å²) in [5.41, 5.74) is 0.416. The zero-order chi connectivity index (χ0) is 15.1. The molecule has 0 unspecified atom stereocenters. The molecule has 0 aliphatic carbocycles. The van der Waals surface area contributed by atoms with Gasteiger partial charge in [-0.15, -0.1) is 0 Å². The molecule has 0 aliphatic rings. The van der Waals surface area contributed by atoms with Crippen LogP contribution in [0.25, 0.3) is 0 Å². The Morgan fingerprint density at radius 1 is 1.40 bits per heavy atom. The number of anilines is 1. The molecule has 1 amide bonds. The maximum absolute atomic E-state index is 11.9. The van der Waals surface area contributed by atoms with Crippen molar-refractivity contribution >= 4 is 29.2 Å². The lowest BCUT2D eigenvalue weighted by molar-refractivity contribution is -0.148. The predicted octanol–water partition coefficient (Wildman–Crippen LogP) is 2.79. The SMILES string of the molecule is C/C=C/C(=O)O[C@@H](C)C(=O)Nc1cc(Cl)ccc1OC. The Labute approximate surface area is 122 Å². The highest BCUT2D eigenvalue weighted by atomic mass is 35.5. The Bertz CT molecular complexity index is 528. The second-order valence-electron chi connectivity index (χ2n) is 3.91. The molecule has 0 radical (unpaired) electrons. The van der Waals surface area contributed by atoms with Crippen LogP contribution in [-0.4, -0.2) is 25.1 Å². The van der Waals surface area contributed by atoms with Crippen LogP contribution in [-0.2, 0) is 14.3 Å². The number of esters is 1. The molecule has 1 rings (SSSR count). The van der Waals surface area contributed by atoms with Gasteiger partial charge in [-0.3, -0.25) is 4.79 Å². The van der Waals surface area contributed by atoms with Gasteiger partial charge in [-0.25, -0.2) is 4.79 Å². The van der Waals surface area contributed by atoms with E-state index in [1.54, 1.807) is 25.1 Å². The van der Waals surface area contributed by atoms with Crippen LogP contribution in [0.5, 0.6) is 5.75 Å². The summed E-state index contributed by atoms with van der Waals surface area (Å²) in [6.45, 7) is 3.16. The van der Waals surface area contributed by atoms with Crippen molar-refractivity contribution in [2.24, 2.45) is 0 Å². The van der Waals surface area contributed by atoms with Crippen LogP contribution in [0.4, 0.5) is 5.69 Å². The van der Waals surface area contributed by atoms with E-state index in [2.05, 4.69) is 5.32 Å². The third-order valence-corrected chi connectivity index (χ3v) is 2.62. The van der Waals surface area contributed by atoms with Crippen LogP contribution in [0.2, 0.25) is 5.02 Å². The number of methoxy groups -OCH3 is 1. The molecule has 5 nitrogen and oxygen atoms in total. The van der Waals surface area contributed by atoms with E-state index in [1.165, 1.54) is 26.2 Å². The van der Waals surface area contributed by atoms with E-state index in [4.69, 9.17) is 21.1 Å². The van der Waals surface area contributed by atoms with Gasteiger partial charge in [0.2, 0.25) is 0 Å². The molecule has 1 atom stereocenters. The monoisotopic (exact) mass is 297 g/mol. The molecule has 1 aromatic carbocycles. The highest BCUT2D eigenvalue weighted by molar-refractivity contribution is 6.31. The number of halogens is 1. The molecule has 108 valence electrons. The van der Waals surface area contributed by atoms with Crippen molar-refractivity contribution in [2.45, 2.75) is 20.0 Å². The Morgan fingerprint density at radius 3 is 2.70 bits per heavy atom. The van der Waals surface area contributed by atoms with Gasteiger partial charge in [0.05, 0.1) is 12.8 Å². The quantitative estimate of drug-likeness (QED) is 0.670. The first-order valence-electron chi connectivity index (χ1n) is 5.95. The average molecular weight is 298 g/mol. The standard InChI is InChI=1S/C14H16ClNO4/c1-4-5-13(17)20-9(2)14(18)16-11-8-10(15)6-7-12(11)19-3/h4-9H,1-3H3,(H,16,18)/b5-4+/t9-/m0/s1. The molecule has 0 spiro atoms. The molecule has 1 aromatic rings. The summed E-state index contributed by atoms with van der Waals surface area (Å²) in [5, 5.41) is 3.06. The molecular formula is C14H16ClNO4. The summed E-state index contributed by atoms with van der Waals surface area (Å²) in [6, 6.07) is 4.83. The van der Waals surface area contributed by atoms with Crippen molar-refractivity contribution in [1.82, 2.24) is 0 Å². The Hall–Kier alpha value is -2.01. The molecular weight excluding hydrogens is 282 g/mol. The number of rotatable bonds is 5. The molecule has 0 aliphatic heterocycles. The summed E-state index contributed by atoms with van der Waals surface area (Å²) in [7, 11) is 1.48. The van der Waals surface area contributed by atoms with Crippen molar-refractivity contribution < 1.29 is 19.1 Å². The largest absolute Gasteiger partial charge is 0.495 e. The fourth-order valence-electron chi connectivity index (χ4n) is 1.42. The molecule has 6 heteroatoms. The van der Waals surface area contributed by atoms with Gasteiger partial charge in [0.25, 0.3) is 5.91 Å². The molecule has 0 aromatic heterocycles. The van der Waals surface area contributed by atoms with Gasteiger partial charge in [0.15, 0.2) is 6.10 Å². The Kier molecular flexibility index (Phi) is 6.06. The lowest BCUT2D eigenvalue weighted by Gasteiger charge is -2.14. The molecule has 0 heterocycles. The van der Waals surface area contributed by atoms with Crippen LogP contribution in [0.1, 0.15) is 13.8 Å². The van der Waals surface area contributed by atoms with Crippen LogP contribution >= 0.6 is 11.6 Å². The van der Waals surface area contributed by atoms with Gasteiger partial charge in [0, 0.05) is 11.1 Å². The number of hydrogen-bond acceptors (Lipinski definition) is 4. The minimum absolute atomic E-state index is 0.416. The average Bonchev–Trinajstić information content (AvgIpc) is 2.39. The van der Waals surface area contributed by atoms with Crippen LogP contribution in [0.15, 0.2) is 30.4 Å². The van der Waals surface area contributed by atoms with Gasteiger partial charge < -0.3 is 14.8 Å². The number of amides is 1. The molecule has 0 fully saturated rings. The van der Waals surface area contributed by atoms with Gasteiger partial charge >= 0.3 is 5.97 Å². The predicted molar refractivity (Wildman–Crippen MR) is 77.0 cm³/mol. The molecule has 0 bridgehead atoms. The maximum Gasteiger partial charge on any atom is 0.331 e. The van der Waals surface area contributed by atoms with Crippen LogP contribution in [0, 0.1) is 0 Å². The topological polar surface area (TPSA) is 64.6 Å². The first-order valence-corrected chi connectivity index (χ1v) is 6.33. The Morgan fingerprint density at radius 2 is 2.10 bits per heavy atom. The molecule has 0 saturated carbocycles. The van der Waals surface area contributed by atoms with E-state index in [0.717, 1.165) is 0 Å². The third kappa shape index (κ3) is 4.59. The van der Waals surface area contributed by atoms with Crippen LogP contribution in [0.3, 0.4) is 0 Å². The lowest BCUT2D eigenvalue weighted by Crippen LogP contribution is -2.29. The number of hydrogen-bond donors (Lipinski definition) is 1. The fraction of sp³-hybridized carbons (Fsp3) is 0.286. The van der Waals surface area contributed by atoms with E-state index in [9.17, 15) is 9.59 Å². The Balaban J connectivity index is 2.75. The summed E-state index contributed by atoms with van der Waals surface area (Å²) >= 11 is 5.86. The third-order valence-electron chi connectivity index (χ3n) is 2.38. The minimum atomic E-state index is -0.928. The first kappa shape index (κ1) is 16.0. The number of ether oxygens (including phenoxy) is 2. The first-order chi connectivity index (χ1) is 9.47. The van der Waals surface area contributed by atoms with E-state index in [-0.39, 0.29) is 0 Å². The summed E-state index contributed by atoms with van der Waals surface area (Å²) in [6.07, 6.45) is 1.85. The zero-order valence-electron chi connectivity index (χ0n) is 11.5. The van der Waals surface area contributed by atoms with E-state index < -0.39 is 18.0 Å². The number of nitrogens with one attached hydrogen (secondary N) is 1. The van der Waals surface area contributed by atoms with Gasteiger partial charge in [-0.2, -0.15) is 0 Å². The number of benzene rings is 1. The van der Waals surface area contributed by atoms with E-state index in [1.807, 2.05) is 0 Å². The summed E-state index contributed by atoms with van der Waals surface area (Å²) in [4.78, 5) is 23.2. The smallest absolute Gasteiger partial charge is 0.331 e. The van der Waals surface area contributed by atoms with Gasteiger partial charge in [-0.05, 0) is 32.0 Å². The molecule has 20 heavy (non-hydrogen) atoms. The van der Waals surface area contributed by atoms with Crippen molar-refractivity contribution in [1.29, 1.82) is 0 Å². The number of allylic oxidation sites excluding steroid dienone is 1. The second kappa shape index (κ2) is 7.55. The minimum Gasteiger partial charge on any atom is -0.495 e. The normalized spacial score (nSPS) is 12.0. The highest BCUT2D eigenvalue weighted by Gasteiger charge is 2.18. The number of carbonyl (C=O) groups is 2. The van der Waals surface area contributed by atoms with Gasteiger partial charge in [-0.1, -0.05) is 17.7 Å². The van der Waals surface area contributed by atoms with E-state index >= 15 is 0 Å². The van der Waals surface area contributed by atoms with Gasteiger partial charge in [0.1, 0.15) is 5.75 Å². The van der Waals surface area contributed by atoms with Crippen molar-refractivity contribution in [3.8, 4) is 5.75 Å². The van der Waals surface area contributed by atoms with Crippen molar-refractivity contribution in [3.05, 3.63) is 35.4 Å². The molecule has 1 N–H and O–H groups in total. The fourth-order valence-corrected chi connectivity index (χ4v) is 1.59. The van der Waals surface area contributed by atoms with Crippen molar-refractivity contribution in [2.75, 3.05) is 12.4 Å². The van der Waals surface area contributed by atoms with E-state index in [0.29, 0.717) is 16.5 Å². The summed E-state index contributed by atoms with van der Waals surface area (Å²) < 4.78 is 10.0. The summed E-state index contributed by atoms with van der Waals surface area (Å²) in [5.74, 6) is -0.577. The van der Waals surface area contributed by atoms with Crippen LogP contribution < -0.4 is 10.1 Å².